The highest BCUT2D eigenvalue weighted by atomic mass is 35.5. The number of halogens is 1. The molecule has 1 heterocycles. The molecule has 0 N–H and O–H groups in total. The zero-order chi connectivity index (χ0) is 17.2. The third-order valence-corrected chi connectivity index (χ3v) is 4.50. The van der Waals surface area contributed by atoms with Gasteiger partial charge in [0.15, 0.2) is 6.23 Å². The lowest BCUT2D eigenvalue weighted by Crippen LogP contribution is -2.42. The van der Waals surface area contributed by atoms with Gasteiger partial charge in [-0.25, -0.2) is 4.99 Å². The number of hydrogen-bond donors (Lipinski definition) is 0. The fourth-order valence-electron chi connectivity index (χ4n) is 3.10. The molecule has 1 atom stereocenters. The van der Waals surface area contributed by atoms with Crippen LogP contribution in [0.1, 0.15) is 5.56 Å². The number of fused-ring (bicyclic) bond motifs is 1. The highest BCUT2D eigenvalue weighted by Gasteiger charge is 2.32. The number of ether oxygens (including phenoxy) is 1. The Balaban J connectivity index is 1.91. The van der Waals surface area contributed by atoms with E-state index in [4.69, 9.17) is 21.3 Å². The summed E-state index contributed by atoms with van der Waals surface area (Å²) in [6, 6.07) is 26.0. The second kappa shape index (κ2) is 6.71. The number of benzene rings is 3. The van der Waals surface area contributed by atoms with Gasteiger partial charge in [-0.1, -0.05) is 54.1 Å². The summed E-state index contributed by atoms with van der Waals surface area (Å²) in [5.74, 6) is 0. The van der Waals surface area contributed by atoms with Crippen LogP contribution >= 0.6 is 11.6 Å². The lowest BCUT2D eigenvalue weighted by molar-refractivity contribution is 0.160. The van der Waals surface area contributed by atoms with Crippen LogP contribution in [-0.2, 0) is 4.74 Å². The molecule has 25 heavy (non-hydrogen) atoms. The van der Waals surface area contributed by atoms with Gasteiger partial charge in [-0.15, -0.1) is 0 Å². The molecule has 4 heteroatoms. The Bertz CT molecular complexity index is 907. The van der Waals surface area contributed by atoms with Gasteiger partial charge in [-0.2, -0.15) is 0 Å². The number of nitrogens with zero attached hydrogens (tertiary/aromatic N) is 2. The Labute approximate surface area is 152 Å². The largest absolute Gasteiger partial charge is 0.355 e. The van der Waals surface area contributed by atoms with Crippen LogP contribution in [0, 0.1) is 0 Å². The fourth-order valence-corrected chi connectivity index (χ4v) is 3.23. The van der Waals surface area contributed by atoms with Crippen LogP contribution in [-0.4, -0.2) is 19.0 Å². The number of rotatable bonds is 3. The van der Waals surface area contributed by atoms with Gasteiger partial charge in [0, 0.05) is 23.4 Å². The van der Waals surface area contributed by atoms with Gasteiger partial charge in [-0.05, 0) is 36.4 Å². The van der Waals surface area contributed by atoms with Gasteiger partial charge < -0.3 is 9.64 Å². The Morgan fingerprint density at radius 2 is 1.56 bits per heavy atom. The van der Waals surface area contributed by atoms with E-state index in [-0.39, 0.29) is 6.23 Å². The Kier molecular flexibility index (Phi) is 4.26. The first-order valence-electron chi connectivity index (χ1n) is 8.08. The lowest BCUT2D eigenvalue weighted by Gasteiger charge is -2.37. The molecule has 0 spiro atoms. The summed E-state index contributed by atoms with van der Waals surface area (Å²) in [7, 11) is 1.71. The molecular weight excluding hydrogens is 332 g/mol. The maximum Gasteiger partial charge on any atom is 0.177 e. The van der Waals surface area contributed by atoms with E-state index in [9.17, 15) is 0 Å². The van der Waals surface area contributed by atoms with Crippen molar-refractivity contribution in [3.05, 3.63) is 89.4 Å². The van der Waals surface area contributed by atoms with E-state index in [2.05, 4.69) is 23.1 Å². The van der Waals surface area contributed by atoms with Crippen LogP contribution in [0.4, 0.5) is 17.1 Å². The standard InChI is InChI=1S/C21H17ClN2O/c1-25-21-20(15-11-13-16(22)14-12-15)23-18-9-5-6-10-19(18)24(21)17-7-3-2-4-8-17/h2-14,21H,1H3. The molecule has 0 fully saturated rings. The summed E-state index contributed by atoms with van der Waals surface area (Å²) in [6.07, 6.45) is -0.321. The van der Waals surface area contributed by atoms with Gasteiger partial charge >= 0.3 is 0 Å². The maximum absolute atomic E-state index is 6.04. The molecule has 0 amide bonds. The minimum absolute atomic E-state index is 0.321. The first-order chi connectivity index (χ1) is 12.3. The van der Waals surface area contributed by atoms with Gasteiger partial charge in [0.25, 0.3) is 0 Å². The first-order valence-corrected chi connectivity index (χ1v) is 8.46. The Morgan fingerprint density at radius 3 is 2.28 bits per heavy atom. The molecule has 1 aliphatic heterocycles. The monoisotopic (exact) mass is 348 g/mol. The second-order valence-corrected chi connectivity index (χ2v) is 6.22. The minimum Gasteiger partial charge on any atom is -0.355 e. The van der Waals surface area contributed by atoms with Gasteiger partial charge in [0.05, 0.1) is 17.1 Å². The number of aliphatic imine (C=N–C) groups is 1. The van der Waals surface area contributed by atoms with E-state index in [0.29, 0.717) is 5.02 Å². The molecule has 0 radical (unpaired) electrons. The van der Waals surface area contributed by atoms with Crippen LogP contribution in [0.2, 0.25) is 5.02 Å². The molecule has 1 unspecified atom stereocenters. The van der Waals surface area contributed by atoms with E-state index >= 15 is 0 Å². The normalized spacial score (nSPS) is 16.3. The summed E-state index contributed by atoms with van der Waals surface area (Å²) in [6.45, 7) is 0. The molecule has 0 bridgehead atoms. The van der Waals surface area contributed by atoms with Crippen LogP contribution < -0.4 is 4.90 Å². The van der Waals surface area contributed by atoms with Crippen molar-refractivity contribution in [3.8, 4) is 0 Å². The van der Waals surface area contributed by atoms with E-state index < -0.39 is 0 Å². The highest BCUT2D eigenvalue weighted by Crippen LogP contribution is 2.40. The average Bonchev–Trinajstić information content (AvgIpc) is 2.67. The molecule has 124 valence electrons. The van der Waals surface area contributed by atoms with Crippen LogP contribution in [0.3, 0.4) is 0 Å². The average molecular weight is 349 g/mol. The molecule has 0 saturated heterocycles. The minimum atomic E-state index is -0.321. The summed E-state index contributed by atoms with van der Waals surface area (Å²) in [5, 5.41) is 0.703. The van der Waals surface area contributed by atoms with Gasteiger partial charge in [0.2, 0.25) is 0 Å². The maximum atomic E-state index is 6.04. The molecule has 3 aromatic rings. The lowest BCUT2D eigenvalue weighted by atomic mass is 10.0. The fraction of sp³-hybridized carbons (Fsp3) is 0.0952. The molecule has 0 saturated carbocycles. The molecule has 1 aliphatic rings. The van der Waals surface area contributed by atoms with Crippen molar-refractivity contribution in [1.82, 2.24) is 0 Å². The van der Waals surface area contributed by atoms with Crippen molar-refractivity contribution in [3.63, 3.8) is 0 Å². The van der Waals surface area contributed by atoms with E-state index in [1.165, 1.54) is 0 Å². The Hall–Kier alpha value is -2.62. The van der Waals surface area contributed by atoms with E-state index in [1.54, 1.807) is 7.11 Å². The summed E-state index contributed by atoms with van der Waals surface area (Å²) in [4.78, 5) is 7.05. The molecule has 3 nitrogen and oxygen atoms in total. The van der Waals surface area contributed by atoms with Crippen molar-refractivity contribution in [2.45, 2.75) is 6.23 Å². The van der Waals surface area contributed by atoms with Crippen molar-refractivity contribution >= 4 is 34.4 Å². The summed E-state index contributed by atoms with van der Waals surface area (Å²) < 4.78 is 5.87. The molecular formula is C21H17ClN2O. The summed E-state index contributed by atoms with van der Waals surface area (Å²) >= 11 is 6.04. The number of para-hydroxylation sites is 3. The number of anilines is 2. The zero-order valence-electron chi connectivity index (χ0n) is 13.8. The van der Waals surface area contributed by atoms with Gasteiger partial charge in [-0.3, -0.25) is 0 Å². The highest BCUT2D eigenvalue weighted by molar-refractivity contribution is 6.30. The topological polar surface area (TPSA) is 24.8 Å². The zero-order valence-corrected chi connectivity index (χ0v) is 14.5. The van der Waals surface area contributed by atoms with Crippen LogP contribution in [0.15, 0.2) is 83.9 Å². The Morgan fingerprint density at radius 1 is 0.880 bits per heavy atom. The van der Waals surface area contributed by atoms with E-state index in [1.807, 2.05) is 60.7 Å². The van der Waals surface area contributed by atoms with Crippen LogP contribution in [0.5, 0.6) is 0 Å². The smallest absolute Gasteiger partial charge is 0.177 e. The van der Waals surface area contributed by atoms with Crippen LogP contribution in [0.25, 0.3) is 0 Å². The predicted molar refractivity (Wildman–Crippen MR) is 103 cm³/mol. The number of hydrogen-bond acceptors (Lipinski definition) is 3. The van der Waals surface area contributed by atoms with E-state index in [0.717, 1.165) is 28.3 Å². The SMILES string of the molecule is COC1C(c2ccc(Cl)cc2)=Nc2ccccc2N1c1ccccc1. The summed E-state index contributed by atoms with van der Waals surface area (Å²) in [5.41, 5.74) is 4.86. The van der Waals surface area contributed by atoms with Gasteiger partial charge in [0.1, 0.15) is 0 Å². The number of methoxy groups -OCH3 is 1. The molecule has 0 aromatic heterocycles. The quantitative estimate of drug-likeness (QED) is 0.616. The first kappa shape index (κ1) is 15.9. The molecule has 3 aromatic carbocycles. The third kappa shape index (κ3) is 2.93. The van der Waals surface area contributed by atoms with Crippen molar-refractivity contribution in [2.24, 2.45) is 4.99 Å². The van der Waals surface area contributed by atoms with Crippen molar-refractivity contribution in [1.29, 1.82) is 0 Å². The third-order valence-electron chi connectivity index (χ3n) is 4.25. The molecule has 0 aliphatic carbocycles. The van der Waals surface area contributed by atoms with Crippen molar-refractivity contribution in [2.75, 3.05) is 12.0 Å². The second-order valence-electron chi connectivity index (χ2n) is 5.79. The molecule has 4 rings (SSSR count). The predicted octanol–water partition coefficient (Wildman–Crippen LogP) is 5.59. The van der Waals surface area contributed by atoms with Crippen molar-refractivity contribution < 1.29 is 4.74 Å².